The zero-order valence-electron chi connectivity index (χ0n) is 14.1. The highest BCUT2D eigenvalue weighted by molar-refractivity contribution is 7.99. The molecule has 0 aliphatic rings. The lowest BCUT2D eigenvalue weighted by Crippen LogP contribution is -2.32. The van der Waals surface area contributed by atoms with Gasteiger partial charge in [0.2, 0.25) is 11.1 Å². The summed E-state index contributed by atoms with van der Waals surface area (Å²) in [6.07, 6.45) is 3.36. The van der Waals surface area contributed by atoms with Gasteiger partial charge in [-0.05, 0) is 24.3 Å². The number of amides is 1. The summed E-state index contributed by atoms with van der Waals surface area (Å²) in [6, 6.07) is 7.34. The number of benzene rings is 1. The summed E-state index contributed by atoms with van der Waals surface area (Å²) in [6.45, 7) is 8.25. The first-order chi connectivity index (χ1) is 12.1. The average Bonchev–Trinajstić information content (AvgIpc) is 3.00. The Labute approximate surface area is 151 Å². The molecule has 2 aromatic rings. The second-order valence-corrected chi connectivity index (χ2v) is 6.01. The van der Waals surface area contributed by atoms with Gasteiger partial charge in [0, 0.05) is 18.7 Å². The lowest BCUT2D eigenvalue weighted by Gasteiger charge is -2.18. The Bertz CT molecular complexity index is 732. The van der Waals surface area contributed by atoms with E-state index >= 15 is 0 Å². The van der Waals surface area contributed by atoms with E-state index in [0.29, 0.717) is 24.1 Å². The Balaban J connectivity index is 2.06. The van der Waals surface area contributed by atoms with Crippen molar-refractivity contribution in [2.75, 3.05) is 31.8 Å². The van der Waals surface area contributed by atoms with Crippen molar-refractivity contribution in [3.63, 3.8) is 0 Å². The number of hydrogen-bond donors (Lipinski definition) is 1. The van der Waals surface area contributed by atoms with Crippen molar-refractivity contribution in [2.24, 2.45) is 0 Å². The van der Waals surface area contributed by atoms with Crippen LogP contribution in [0.1, 0.15) is 0 Å². The van der Waals surface area contributed by atoms with Gasteiger partial charge in [-0.3, -0.25) is 4.79 Å². The molecule has 1 aromatic carbocycles. The Morgan fingerprint density at radius 2 is 1.92 bits per heavy atom. The van der Waals surface area contributed by atoms with Gasteiger partial charge in [-0.15, -0.1) is 23.4 Å². The summed E-state index contributed by atoms with van der Waals surface area (Å²) in [7, 11) is 1.61. The molecule has 132 valence electrons. The molecule has 0 bridgehead atoms. The third-order valence-corrected chi connectivity index (χ3v) is 4.32. The standard InChI is InChI=1S/C17H21N5O2S/c1-4-10-21(11-5-2)15(23)12-25-17-20-19-16(22(17)18)13-6-8-14(24-3)9-7-13/h4-9H,1-2,10-12,18H2,3H3. The van der Waals surface area contributed by atoms with Crippen LogP contribution in [0.4, 0.5) is 0 Å². The van der Waals surface area contributed by atoms with Crippen molar-refractivity contribution < 1.29 is 9.53 Å². The Kier molecular flexibility index (Phi) is 6.64. The van der Waals surface area contributed by atoms with E-state index < -0.39 is 0 Å². The van der Waals surface area contributed by atoms with Crippen LogP contribution in [-0.2, 0) is 4.79 Å². The molecule has 0 spiro atoms. The van der Waals surface area contributed by atoms with E-state index in [0.717, 1.165) is 11.3 Å². The van der Waals surface area contributed by atoms with Crippen LogP contribution < -0.4 is 10.6 Å². The Morgan fingerprint density at radius 1 is 1.28 bits per heavy atom. The quantitative estimate of drug-likeness (QED) is 0.418. The molecule has 1 amide bonds. The third-order valence-electron chi connectivity index (χ3n) is 3.39. The molecule has 7 nitrogen and oxygen atoms in total. The molecule has 1 aromatic heterocycles. The number of aromatic nitrogens is 3. The highest BCUT2D eigenvalue weighted by atomic mass is 32.2. The first-order valence-corrected chi connectivity index (χ1v) is 8.56. The van der Waals surface area contributed by atoms with Gasteiger partial charge < -0.3 is 15.5 Å². The fourth-order valence-corrected chi connectivity index (χ4v) is 2.88. The Morgan fingerprint density at radius 3 is 2.48 bits per heavy atom. The number of carbonyl (C=O) groups excluding carboxylic acids is 1. The number of nitrogen functional groups attached to an aromatic ring is 1. The molecule has 0 aliphatic heterocycles. The summed E-state index contributed by atoms with van der Waals surface area (Å²) in [5.74, 6) is 7.50. The summed E-state index contributed by atoms with van der Waals surface area (Å²) < 4.78 is 6.51. The highest BCUT2D eigenvalue weighted by Crippen LogP contribution is 2.23. The van der Waals surface area contributed by atoms with E-state index in [1.165, 1.54) is 16.4 Å². The molecule has 1 heterocycles. The lowest BCUT2D eigenvalue weighted by molar-refractivity contribution is -0.127. The summed E-state index contributed by atoms with van der Waals surface area (Å²) in [5.41, 5.74) is 0.814. The Hall–Kier alpha value is -2.74. The third kappa shape index (κ3) is 4.63. The lowest BCUT2D eigenvalue weighted by atomic mass is 10.2. The second kappa shape index (κ2) is 8.93. The van der Waals surface area contributed by atoms with E-state index in [4.69, 9.17) is 10.6 Å². The molecule has 0 fully saturated rings. The van der Waals surface area contributed by atoms with Gasteiger partial charge in [0.05, 0.1) is 12.9 Å². The number of nitrogens with zero attached hydrogens (tertiary/aromatic N) is 4. The summed E-state index contributed by atoms with van der Waals surface area (Å²) in [5, 5.41) is 8.64. The van der Waals surface area contributed by atoms with Crippen molar-refractivity contribution in [3.05, 3.63) is 49.6 Å². The smallest absolute Gasteiger partial charge is 0.233 e. The van der Waals surface area contributed by atoms with E-state index in [2.05, 4.69) is 23.4 Å². The number of methoxy groups -OCH3 is 1. The number of nitrogens with two attached hydrogens (primary N) is 1. The monoisotopic (exact) mass is 359 g/mol. The van der Waals surface area contributed by atoms with Crippen molar-refractivity contribution in [1.29, 1.82) is 0 Å². The van der Waals surface area contributed by atoms with Crippen LogP contribution in [0.2, 0.25) is 0 Å². The van der Waals surface area contributed by atoms with E-state index in [-0.39, 0.29) is 11.7 Å². The molecule has 8 heteroatoms. The van der Waals surface area contributed by atoms with Crippen LogP contribution in [-0.4, -0.2) is 51.6 Å². The minimum Gasteiger partial charge on any atom is -0.497 e. The molecule has 0 radical (unpaired) electrons. The predicted octanol–water partition coefficient (Wildman–Crippen LogP) is 1.96. The molecular formula is C17H21N5O2S. The number of thioether (sulfide) groups is 1. The first kappa shape index (κ1) is 18.6. The first-order valence-electron chi connectivity index (χ1n) is 7.58. The van der Waals surface area contributed by atoms with Crippen LogP contribution in [0.15, 0.2) is 54.7 Å². The van der Waals surface area contributed by atoms with Gasteiger partial charge in [-0.25, -0.2) is 4.68 Å². The molecule has 25 heavy (non-hydrogen) atoms. The van der Waals surface area contributed by atoms with Crippen LogP contribution in [0, 0.1) is 0 Å². The molecule has 0 saturated carbocycles. The maximum Gasteiger partial charge on any atom is 0.233 e. The van der Waals surface area contributed by atoms with Gasteiger partial charge >= 0.3 is 0 Å². The van der Waals surface area contributed by atoms with Crippen molar-refractivity contribution in [2.45, 2.75) is 5.16 Å². The number of hydrogen-bond acceptors (Lipinski definition) is 6. The largest absolute Gasteiger partial charge is 0.497 e. The minimum atomic E-state index is -0.0428. The number of carbonyl (C=O) groups is 1. The second-order valence-electron chi connectivity index (χ2n) is 5.07. The van der Waals surface area contributed by atoms with Gasteiger partial charge in [0.15, 0.2) is 5.82 Å². The zero-order valence-corrected chi connectivity index (χ0v) is 14.9. The van der Waals surface area contributed by atoms with Crippen LogP contribution in [0.5, 0.6) is 5.75 Å². The predicted molar refractivity (Wildman–Crippen MR) is 99.9 cm³/mol. The maximum atomic E-state index is 12.3. The molecule has 2 rings (SSSR count). The maximum absolute atomic E-state index is 12.3. The van der Waals surface area contributed by atoms with Crippen LogP contribution >= 0.6 is 11.8 Å². The average molecular weight is 359 g/mol. The molecule has 0 unspecified atom stereocenters. The highest BCUT2D eigenvalue weighted by Gasteiger charge is 2.16. The number of ether oxygens (including phenoxy) is 1. The molecule has 0 aliphatic carbocycles. The fourth-order valence-electron chi connectivity index (χ4n) is 2.12. The SMILES string of the molecule is C=CCN(CC=C)C(=O)CSc1nnc(-c2ccc(OC)cc2)n1N. The van der Waals surface area contributed by atoms with Crippen LogP contribution in [0.25, 0.3) is 11.4 Å². The molecule has 0 atom stereocenters. The molecule has 0 saturated heterocycles. The van der Waals surface area contributed by atoms with E-state index in [1.54, 1.807) is 24.2 Å². The van der Waals surface area contributed by atoms with Crippen LogP contribution in [0.3, 0.4) is 0 Å². The van der Waals surface area contributed by atoms with Gasteiger partial charge in [0.1, 0.15) is 5.75 Å². The fraction of sp³-hybridized carbons (Fsp3) is 0.235. The molecular weight excluding hydrogens is 338 g/mol. The normalized spacial score (nSPS) is 10.3. The van der Waals surface area contributed by atoms with Crippen molar-refractivity contribution in [1.82, 2.24) is 19.8 Å². The topological polar surface area (TPSA) is 86.3 Å². The minimum absolute atomic E-state index is 0.0428. The van der Waals surface area contributed by atoms with E-state index in [9.17, 15) is 4.79 Å². The van der Waals surface area contributed by atoms with E-state index in [1.807, 2.05) is 24.3 Å². The van der Waals surface area contributed by atoms with Gasteiger partial charge in [0.25, 0.3) is 0 Å². The number of rotatable bonds is 9. The van der Waals surface area contributed by atoms with Crippen molar-refractivity contribution in [3.8, 4) is 17.1 Å². The molecule has 2 N–H and O–H groups in total. The van der Waals surface area contributed by atoms with Gasteiger partial charge in [-0.2, -0.15) is 0 Å². The summed E-state index contributed by atoms with van der Waals surface area (Å²) in [4.78, 5) is 13.9. The van der Waals surface area contributed by atoms with Crippen molar-refractivity contribution >= 4 is 17.7 Å². The van der Waals surface area contributed by atoms with Gasteiger partial charge in [-0.1, -0.05) is 23.9 Å². The zero-order chi connectivity index (χ0) is 18.2. The summed E-state index contributed by atoms with van der Waals surface area (Å²) >= 11 is 1.24.